The number of hydrogen-bond donors (Lipinski definition) is 1. The van der Waals surface area contributed by atoms with Gasteiger partial charge >= 0.3 is 0 Å². The highest BCUT2D eigenvalue weighted by molar-refractivity contribution is 9.10. The Morgan fingerprint density at radius 1 is 0.919 bits per heavy atom. The van der Waals surface area contributed by atoms with Gasteiger partial charge < -0.3 is 15.0 Å². The van der Waals surface area contributed by atoms with Crippen molar-refractivity contribution in [2.24, 2.45) is 0 Å². The van der Waals surface area contributed by atoms with Crippen LogP contribution < -0.4 is 10.1 Å². The van der Waals surface area contributed by atoms with E-state index in [0.29, 0.717) is 18.1 Å². The fourth-order valence-corrected chi connectivity index (χ4v) is 4.46. The van der Waals surface area contributed by atoms with Gasteiger partial charge in [-0.1, -0.05) is 84.4 Å². The molecule has 0 bridgehead atoms. The lowest BCUT2D eigenvalue weighted by atomic mass is 10.0. The van der Waals surface area contributed by atoms with Crippen LogP contribution in [0.5, 0.6) is 5.75 Å². The molecule has 0 aliphatic rings. The molecule has 0 radical (unpaired) electrons. The average molecular weight is 566 g/mol. The van der Waals surface area contributed by atoms with Crippen LogP contribution in [0.15, 0.2) is 83.3 Å². The molecule has 2 amide bonds. The van der Waals surface area contributed by atoms with Crippen LogP contribution in [-0.2, 0) is 22.6 Å². The molecule has 196 valence electrons. The first-order valence-corrected chi connectivity index (χ1v) is 13.4. The van der Waals surface area contributed by atoms with Crippen molar-refractivity contribution in [3.05, 3.63) is 100 Å². The van der Waals surface area contributed by atoms with Gasteiger partial charge in [0.25, 0.3) is 5.91 Å². The molecular weight excluding hydrogens is 528 g/mol. The highest BCUT2D eigenvalue weighted by Gasteiger charge is 2.32. The Labute approximate surface area is 229 Å². The van der Waals surface area contributed by atoms with E-state index in [4.69, 9.17) is 4.74 Å². The molecule has 0 saturated heterocycles. The van der Waals surface area contributed by atoms with Crippen LogP contribution in [0.3, 0.4) is 0 Å². The zero-order valence-electron chi connectivity index (χ0n) is 22.3. The molecule has 0 spiro atoms. The molecule has 1 N–H and O–H groups in total. The Bertz CT molecular complexity index is 1170. The number of hydrogen-bond acceptors (Lipinski definition) is 3. The predicted octanol–water partition coefficient (Wildman–Crippen LogP) is 6.51. The van der Waals surface area contributed by atoms with Crippen LogP contribution in [0.4, 0.5) is 0 Å². The van der Waals surface area contributed by atoms with E-state index in [9.17, 15) is 9.59 Å². The number of nitrogens with zero attached hydrogens (tertiary/aromatic N) is 1. The minimum atomic E-state index is -0.708. The van der Waals surface area contributed by atoms with Gasteiger partial charge in [-0.15, -0.1) is 0 Å². The van der Waals surface area contributed by atoms with Gasteiger partial charge in [-0.2, -0.15) is 0 Å². The van der Waals surface area contributed by atoms with E-state index in [1.807, 2.05) is 99.6 Å². The maximum atomic E-state index is 13.7. The van der Waals surface area contributed by atoms with E-state index in [1.165, 1.54) is 5.56 Å². The third kappa shape index (κ3) is 9.04. The molecule has 5 nitrogen and oxygen atoms in total. The minimum absolute atomic E-state index is 0.164. The van der Waals surface area contributed by atoms with Crippen molar-refractivity contribution in [2.45, 2.75) is 65.1 Å². The van der Waals surface area contributed by atoms with Crippen molar-refractivity contribution in [2.75, 3.05) is 6.61 Å². The highest BCUT2D eigenvalue weighted by atomic mass is 79.9. The van der Waals surface area contributed by atoms with Crippen molar-refractivity contribution in [1.82, 2.24) is 10.2 Å². The molecule has 0 unspecified atom stereocenters. The molecule has 37 heavy (non-hydrogen) atoms. The number of benzene rings is 3. The van der Waals surface area contributed by atoms with Gasteiger partial charge in [0.15, 0.2) is 6.61 Å². The van der Waals surface area contributed by atoms with Gasteiger partial charge in [0.2, 0.25) is 5.91 Å². The van der Waals surface area contributed by atoms with Crippen LogP contribution in [0.25, 0.3) is 0 Å². The lowest BCUT2D eigenvalue weighted by Crippen LogP contribution is -2.55. The summed E-state index contributed by atoms with van der Waals surface area (Å²) >= 11 is 3.52. The Morgan fingerprint density at radius 2 is 1.57 bits per heavy atom. The number of amides is 2. The molecular formula is C31H37BrN2O3. The molecule has 3 aromatic rings. The summed E-state index contributed by atoms with van der Waals surface area (Å²) in [4.78, 5) is 28.9. The number of carbonyl (C=O) groups is 2. The van der Waals surface area contributed by atoms with Crippen LogP contribution in [0.2, 0.25) is 0 Å². The zero-order chi connectivity index (χ0) is 27.0. The minimum Gasteiger partial charge on any atom is -0.484 e. The second-order valence-corrected chi connectivity index (χ2v) is 11.5. The van der Waals surface area contributed by atoms with E-state index < -0.39 is 11.6 Å². The Kier molecular flexibility index (Phi) is 9.93. The second kappa shape index (κ2) is 12.9. The third-order valence-corrected chi connectivity index (χ3v) is 6.41. The van der Waals surface area contributed by atoms with E-state index in [0.717, 1.165) is 15.6 Å². The monoisotopic (exact) mass is 564 g/mol. The molecule has 0 aromatic heterocycles. The van der Waals surface area contributed by atoms with Crippen molar-refractivity contribution < 1.29 is 14.3 Å². The molecule has 0 saturated carbocycles. The molecule has 6 heteroatoms. The summed E-state index contributed by atoms with van der Waals surface area (Å²) in [6.07, 6.45) is 0.394. The molecule has 0 fully saturated rings. The summed E-state index contributed by atoms with van der Waals surface area (Å²) in [5.74, 6) is 0.592. The lowest BCUT2D eigenvalue weighted by Gasteiger charge is -2.33. The number of halogens is 1. The first kappa shape index (κ1) is 28.5. The van der Waals surface area contributed by atoms with Gasteiger partial charge in [-0.25, -0.2) is 0 Å². The number of carbonyl (C=O) groups excluding carboxylic acids is 2. The molecule has 0 heterocycles. The fourth-order valence-electron chi connectivity index (χ4n) is 4.02. The SMILES string of the molecule is CC(C)c1ccc(OCC(=O)N(Cc2cccc(Br)c2)[C@@H](Cc2ccccc2)C(=O)NC(C)(C)C)cc1. The fraction of sp³-hybridized carbons (Fsp3) is 0.355. The average Bonchev–Trinajstić information content (AvgIpc) is 2.84. The molecule has 0 aliphatic heterocycles. The van der Waals surface area contributed by atoms with Gasteiger partial charge in [-0.05, 0) is 67.6 Å². The maximum Gasteiger partial charge on any atom is 0.261 e. The molecule has 3 aromatic carbocycles. The number of nitrogens with one attached hydrogen (secondary N) is 1. The topological polar surface area (TPSA) is 58.6 Å². The number of rotatable bonds is 10. The van der Waals surface area contributed by atoms with Gasteiger partial charge in [0, 0.05) is 23.0 Å². The zero-order valence-corrected chi connectivity index (χ0v) is 23.9. The Morgan fingerprint density at radius 3 is 2.16 bits per heavy atom. The summed E-state index contributed by atoms with van der Waals surface area (Å²) in [6, 6.07) is 24.7. The Hall–Kier alpha value is -3.12. The van der Waals surface area contributed by atoms with E-state index in [1.54, 1.807) is 4.90 Å². The smallest absolute Gasteiger partial charge is 0.261 e. The van der Waals surface area contributed by atoms with Crippen molar-refractivity contribution >= 4 is 27.7 Å². The summed E-state index contributed by atoms with van der Waals surface area (Å²) in [6.45, 7) is 10.2. The van der Waals surface area contributed by atoms with Crippen molar-refractivity contribution in [1.29, 1.82) is 0 Å². The summed E-state index contributed by atoms with van der Waals surface area (Å²) in [7, 11) is 0. The summed E-state index contributed by atoms with van der Waals surface area (Å²) in [5, 5.41) is 3.08. The summed E-state index contributed by atoms with van der Waals surface area (Å²) in [5.41, 5.74) is 2.67. The standard InChI is InChI=1S/C31H37BrN2O3/c1-22(2)25-14-16-27(17-15-25)37-21-29(35)34(20-24-12-9-13-26(32)18-24)28(30(36)33-31(3,4)5)19-23-10-7-6-8-11-23/h6-18,22,28H,19-21H2,1-5H3,(H,33,36)/t28-/m0/s1. The van der Waals surface area contributed by atoms with E-state index in [2.05, 4.69) is 35.1 Å². The van der Waals surface area contributed by atoms with Gasteiger partial charge in [-0.3, -0.25) is 9.59 Å². The van der Waals surface area contributed by atoms with Crippen LogP contribution in [0.1, 0.15) is 57.2 Å². The third-order valence-electron chi connectivity index (χ3n) is 5.92. The predicted molar refractivity (Wildman–Crippen MR) is 153 cm³/mol. The summed E-state index contributed by atoms with van der Waals surface area (Å²) < 4.78 is 6.81. The molecule has 1 atom stereocenters. The maximum absolute atomic E-state index is 13.7. The molecule has 3 rings (SSSR count). The van der Waals surface area contributed by atoms with Crippen molar-refractivity contribution in [3.63, 3.8) is 0 Å². The van der Waals surface area contributed by atoms with Crippen LogP contribution in [0, 0.1) is 0 Å². The second-order valence-electron chi connectivity index (χ2n) is 10.6. The highest BCUT2D eigenvalue weighted by Crippen LogP contribution is 2.21. The first-order chi connectivity index (χ1) is 17.5. The van der Waals surface area contributed by atoms with Gasteiger partial charge in [0.05, 0.1) is 0 Å². The lowest BCUT2D eigenvalue weighted by molar-refractivity contribution is -0.143. The van der Waals surface area contributed by atoms with Crippen LogP contribution in [-0.4, -0.2) is 34.9 Å². The van der Waals surface area contributed by atoms with Gasteiger partial charge in [0.1, 0.15) is 11.8 Å². The molecule has 0 aliphatic carbocycles. The van der Waals surface area contributed by atoms with E-state index in [-0.39, 0.29) is 25.0 Å². The Balaban J connectivity index is 1.90. The van der Waals surface area contributed by atoms with Crippen molar-refractivity contribution in [3.8, 4) is 5.75 Å². The normalized spacial score (nSPS) is 12.2. The first-order valence-electron chi connectivity index (χ1n) is 12.6. The van der Waals surface area contributed by atoms with Crippen LogP contribution >= 0.6 is 15.9 Å². The largest absolute Gasteiger partial charge is 0.484 e. The number of ether oxygens (including phenoxy) is 1. The quantitative estimate of drug-likeness (QED) is 0.305. The van der Waals surface area contributed by atoms with E-state index >= 15 is 0 Å².